The van der Waals surface area contributed by atoms with E-state index in [4.69, 9.17) is 32.8 Å². The van der Waals surface area contributed by atoms with Gasteiger partial charge in [0.2, 0.25) is 0 Å². The van der Waals surface area contributed by atoms with Crippen molar-refractivity contribution >= 4 is 39.6 Å². The van der Waals surface area contributed by atoms with Crippen LogP contribution < -0.4 is 21.6 Å². The van der Waals surface area contributed by atoms with Gasteiger partial charge in [-0.2, -0.15) is 0 Å². The Labute approximate surface area is 195 Å². The standard InChI is InChI=1S/C18H25N3O2.2H2O4S/c1-21-11-14(15-4-2-3-5-17(15)21)10-16(19)18(22)23-12-13-6-8-20-9-7-13;2*1-4-5(2)3/h2-5,11,13,16,20H,6-10,12,19H2,1H3;2*1H,(H,2,3)/p-2. The monoisotopic (exact) mass is 509 g/mol. The molecule has 1 aliphatic heterocycles. The summed E-state index contributed by atoms with van der Waals surface area (Å²) < 4.78 is 47.8. The number of nitrogens with two attached hydrogens (primary N) is 1. The molecule has 15 heteroatoms. The summed E-state index contributed by atoms with van der Waals surface area (Å²) in [5.74, 6) is 0.348. The number of esters is 1. The summed E-state index contributed by atoms with van der Waals surface area (Å²) in [7, 11) is 2.03. The Bertz CT molecular complexity index is 891. The molecule has 33 heavy (non-hydrogen) atoms. The van der Waals surface area contributed by atoms with E-state index >= 15 is 0 Å². The van der Waals surface area contributed by atoms with Crippen molar-refractivity contribution in [2.24, 2.45) is 13.0 Å². The number of para-hydroxylation sites is 1. The second kappa shape index (κ2) is 15.9. The van der Waals surface area contributed by atoms with Crippen molar-refractivity contribution in [3.63, 3.8) is 0 Å². The fourth-order valence-electron chi connectivity index (χ4n) is 3.42. The van der Waals surface area contributed by atoms with Gasteiger partial charge in [0.25, 0.3) is 0 Å². The lowest BCUT2D eigenvalue weighted by Gasteiger charge is -2.20. The van der Waals surface area contributed by atoms with E-state index < -0.39 is 22.7 Å². The maximum Gasteiger partial charge on any atom is 0.365 e. The number of quaternary nitrogens is 2. The number of ether oxygens (including phenoxy) is 1. The normalized spacial score (nSPS) is 16.5. The van der Waals surface area contributed by atoms with Crippen LogP contribution in [-0.4, -0.2) is 53.8 Å². The van der Waals surface area contributed by atoms with E-state index in [1.54, 1.807) is 0 Å². The molecule has 0 spiro atoms. The van der Waals surface area contributed by atoms with Crippen molar-refractivity contribution in [1.29, 1.82) is 0 Å². The molecule has 1 aliphatic rings. The third-order valence-corrected chi connectivity index (χ3v) is 5.13. The highest BCUT2D eigenvalue weighted by molar-refractivity contribution is 7.74. The topological polar surface area (TPSA) is 220 Å². The van der Waals surface area contributed by atoms with E-state index in [9.17, 15) is 4.79 Å². The van der Waals surface area contributed by atoms with Crippen molar-refractivity contribution < 1.29 is 57.3 Å². The molecule has 3 rings (SSSR count). The lowest BCUT2D eigenvalue weighted by molar-refractivity contribution is -0.665. The minimum atomic E-state index is -2.88. The first kappa shape index (κ1) is 29.2. The van der Waals surface area contributed by atoms with Crippen LogP contribution in [0.5, 0.6) is 0 Å². The summed E-state index contributed by atoms with van der Waals surface area (Å²) in [6.07, 6.45) is 4.99. The summed E-state index contributed by atoms with van der Waals surface area (Å²) in [6.45, 7) is 2.84. The van der Waals surface area contributed by atoms with Crippen molar-refractivity contribution in [3.05, 3.63) is 36.0 Å². The number of fused-ring (bicyclic) bond motifs is 1. The number of hydrogen-bond donors (Lipinski definition) is 2. The zero-order valence-electron chi connectivity index (χ0n) is 17.9. The van der Waals surface area contributed by atoms with Gasteiger partial charge in [-0.05, 0) is 11.6 Å². The third kappa shape index (κ3) is 11.3. The van der Waals surface area contributed by atoms with Gasteiger partial charge >= 0.3 is 5.97 Å². The number of aromatic nitrogens is 1. The summed E-state index contributed by atoms with van der Waals surface area (Å²) in [5.41, 5.74) is 6.36. The molecule has 3 atom stereocenters. The Kier molecular flexibility index (Phi) is 14.1. The maximum atomic E-state index is 12.2. The van der Waals surface area contributed by atoms with Gasteiger partial charge < -0.3 is 48.6 Å². The van der Waals surface area contributed by atoms with E-state index in [2.05, 4.69) is 42.6 Å². The Hall–Kier alpha value is -1.79. The molecule has 0 radical (unpaired) electrons. The number of carbonyl (C=O) groups excluding carboxylic acids is 1. The van der Waals surface area contributed by atoms with Crippen LogP contribution in [0.2, 0.25) is 0 Å². The molecule has 1 aromatic carbocycles. The average Bonchev–Trinajstić information content (AvgIpc) is 3.14. The van der Waals surface area contributed by atoms with E-state index in [0.717, 1.165) is 31.5 Å². The molecule has 13 nitrogen and oxygen atoms in total. The molecule has 0 aliphatic carbocycles. The molecule has 2 heterocycles. The minimum absolute atomic E-state index is 0.174. The summed E-state index contributed by atoms with van der Waals surface area (Å²) in [4.78, 5) is 12.2. The molecule has 1 saturated heterocycles. The number of hydrogen-bond acceptors (Lipinski definition) is 10. The minimum Gasteiger partial charge on any atom is -0.750 e. The fourth-order valence-corrected chi connectivity index (χ4v) is 3.42. The number of piperidine rings is 1. The number of rotatable bonds is 7. The molecule has 3 unspecified atom stereocenters. The zero-order valence-corrected chi connectivity index (χ0v) is 19.5. The highest BCUT2D eigenvalue weighted by atomic mass is 32.2. The molecule has 0 bridgehead atoms. The molecule has 5 N–H and O–H groups in total. The first-order chi connectivity index (χ1) is 15.7. The van der Waals surface area contributed by atoms with E-state index in [1.165, 1.54) is 10.9 Å². The van der Waals surface area contributed by atoms with Gasteiger partial charge in [0.1, 0.15) is 0 Å². The van der Waals surface area contributed by atoms with Crippen molar-refractivity contribution in [2.45, 2.75) is 25.3 Å². The molecule has 2 aromatic rings. The lowest BCUT2D eigenvalue weighted by atomic mass is 9.99. The predicted octanol–water partition coefficient (Wildman–Crippen LogP) is -4.01. The van der Waals surface area contributed by atoms with Crippen molar-refractivity contribution in [2.75, 3.05) is 19.7 Å². The van der Waals surface area contributed by atoms with Gasteiger partial charge in [0.15, 0.2) is 6.04 Å². The van der Waals surface area contributed by atoms with Crippen LogP contribution >= 0.6 is 0 Å². The van der Waals surface area contributed by atoms with Gasteiger partial charge in [-0.25, -0.2) is 13.2 Å². The van der Waals surface area contributed by atoms with Crippen LogP contribution in [0.25, 0.3) is 10.9 Å². The first-order valence-corrected chi connectivity index (χ1v) is 11.8. The van der Waals surface area contributed by atoms with E-state index in [1.807, 2.05) is 19.2 Å². The SMILES string of the molecule is Cn1cc(CC([NH3+])C(=O)OCC2CC[NH2+]CC2)c2ccccc21.O=S([O-])O[O-].O=S([O-])O[O-]. The van der Waals surface area contributed by atoms with Crippen LogP contribution in [0.4, 0.5) is 0 Å². The van der Waals surface area contributed by atoms with E-state index in [0.29, 0.717) is 18.9 Å². The number of aryl methyl sites for hydroxylation is 1. The molecule has 0 saturated carbocycles. The Morgan fingerprint density at radius 1 is 1.18 bits per heavy atom. The smallest absolute Gasteiger partial charge is 0.365 e. The summed E-state index contributed by atoms with van der Waals surface area (Å²) in [6, 6.07) is 7.90. The third-order valence-electron chi connectivity index (χ3n) is 4.91. The van der Waals surface area contributed by atoms with Crippen molar-refractivity contribution in [1.82, 2.24) is 4.57 Å². The van der Waals surface area contributed by atoms with Gasteiger partial charge in [0, 0.05) is 49.3 Å². The number of nitrogens with zero attached hydrogens (tertiary/aromatic N) is 1. The molecule has 1 fully saturated rings. The second-order valence-corrected chi connectivity index (χ2v) is 8.26. The average molecular weight is 510 g/mol. The summed E-state index contributed by atoms with van der Waals surface area (Å²) >= 11 is -5.76. The highest BCUT2D eigenvalue weighted by Gasteiger charge is 2.24. The van der Waals surface area contributed by atoms with Gasteiger partial charge in [-0.1, -0.05) is 18.2 Å². The Balaban J connectivity index is 0.000000460. The predicted molar refractivity (Wildman–Crippen MR) is 109 cm³/mol. The van der Waals surface area contributed by atoms with Gasteiger partial charge in [-0.15, -0.1) is 0 Å². The van der Waals surface area contributed by atoms with E-state index in [-0.39, 0.29) is 12.0 Å². The summed E-state index contributed by atoms with van der Waals surface area (Å²) in [5, 5.41) is 20.6. The highest BCUT2D eigenvalue weighted by Crippen LogP contribution is 2.21. The number of carbonyl (C=O) groups is 1. The Morgan fingerprint density at radius 2 is 1.73 bits per heavy atom. The van der Waals surface area contributed by atoms with Crippen LogP contribution in [0.15, 0.2) is 30.5 Å². The fraction of sp³-hybridized carbons (Fsp3) is 0.500. The molecule has 188 valence electrons. The first-order valence-electron chi connectivity index (χ1n) is 9.83. The van der Waals surface area contributed by atoms with Crippen LogP contribution in [0.1, 0.15) is 18.4 Å². The molecular formula is C18H27N3O10S2-2. The zero-order chi connectivity index (χ0) is 24.8. The molecular weight excluding hydrogens is 482 g/mol. The van der Waals surface area contributed by atoms with Gasteiger partial charge in [0.05, 0.1) is 42.4 Å². The van der Waals surface area contributed by atoms with Crippen LogP contribution in [0.3, 0.4) is 0 Å². The molecule has 0 amide bonds. The number of benzene rings is 1. The van der Waals surface area contributed by atoms with Gasteiger partial charge in [-0.3, -0.25) is 0 Å². The second-order valence-electron chi connectivity index (χ2n) is 7.17. The quantitative estimate of drug-likeness (QED) is 0.159. The Morgan fingerprint density at radius 3 is 2.27 bits per heavy atom. The lowest BCUT2D eigenvalue weighted by Crippen LogP contribution is -2.86. The van der Waals surface area contributed by atoms with Crippen molar-refractivity contribution in [3.8, 4) is 0 Å². The van der Waals surface area contributed by atoms with Crippen LogP contribution in [-0.2, 0) is 54.4 Å². The van der Waals surface area contributed by atoms with Crippen LogP contribution in [0, 0.1) is 5.92 Å². The largest absolute Gasteiger partial charge is 0.750 e. The maximum absolute atomic E-state index is 12.2. The molecule has 1 aromatic heterocycles.